The molecule has 0 bridgehead atoms. The maximum atomic E-state index is 10.9. The number of aliphatic hydroxyl groups excluding tert-OH is 1. The van der Waals surface area contributed by atoms with Crippen molar-refractivity contribution in [2.24, 2.45) is 0 Å². The Morgan fingerprint density at radius 1 is 1.37 bits per heavy atom. The fourth-order valence-electron chi connectivity index (χ4n) is 2.22. The van der Waals surface area contributed by atoms with E-state index in [-0.39, 0.29) is 18.0 Å². The number of hydrogen-bond donors (Lipinski definition) is 1. The molecule has 1 heterocycles. The van der Waals surface area contributed by atoms with Crippen molar-refractivity contribution in [2.75, 3.05) is 26.2 Å². The first-order chi connectivity index (χ1) is 9.20. The van der Waals surface area contributed by atoms with Gasteiger partial charge in [0, 0.05) is 12.6 Å². The molecule has 19 heavy (non-hydrogen) atoms. The standard InChI is InChI=1S/C13H18N2O4/c16-10-11-3-4-13(12(9-11)15(17)18)19-8-7-14-5-1-2-6-14/h3-4,9,16H,1-2,5-8,10H2. The fourth-order valence-corrected chi connectivity index (χ4v) is 2.22. The van der Waals surface area contributed by atoms with E-state index >= 15 is 0 Å². The van der Waals surface area contributed by atoms with Crippen molar-refractivity contribution in [2.45, 2.75) is 19.4 Å². The lowest BCUT2D eigenvalue weighted by atomic mass is 10.2. The van der Waals surface area contributed by atoms with E-state index in [1.54, 1.807) is 12.1 Å². The summed E-state index contributed by atoms with van der Waals surface area (Å²) in [4.78, 5) is 12.7. The Balaban J connectivity index is 1.96. The number of benzene rings is 1. The lowest BCUT2D eigenvalue weighted by Crippen LogP contribution is -2.25. The zero-order chi connectivity index (χ0) is 13.7. The van der Waals surface area contributed by atoms with Crippen LogP contribution in [-0.4, -0.2) is 41.2 Å². The maximum absolute atomic E-state index is 10.9. The molecule has 0 amide bonds. The largest absolute Gasteiger partial charge is 0.485 e. The molecule has 1 aromatic rings. The van der Waals surface area contributed by atoms with Crippen molar-refractivity contribution in [3.05, 3.63) is 33.9 Å². The Hall–Kier alpha value is -1.66. The van der Waals surface area contributed by atoms with Gasteiger partial charge < -0.3 is 9.84 Å². The molecule has 1 aliphatic rings. The number of aliphatic hydroxyl groups is 1. The van der Waals surface area contributed by atoms with Crippen LogP contribution in [0.4, 0.5) is 5.69 Å². The number of rotatable bonds is 6. The monoisotopic (exact) mass is 266 g/mol. The van der Waals surface area contributed by atoms with Crippen molar-refractivity contribution in [3.63, 3.8) is 0 Å². The highest BCUT2D eigenvalue weighted by molar-refractivity contribution is 5.48. The van der Waals surface area contributed by atoms with Crippen LogP contribution in [0.2, 0.25) is 0 Å². The van der Waals surface area contributed by atoms with E-state index in [1.807, 2.05) is 0 Å². The number of nitro groups is 1. The highest BCUT2D eigenvalue weighted by Crippen LogP contribution is 2.28. The van der Waals surface area contributed by atoms with Crippen molar-refractivity contribution in [3.8, 4) is 5.75 Å². The zero-order valence-corrected chi connectivity index (χ0v) is 10.7. The lowest BCUT2D eigenvalue weighted by molar-refractivity contribution is -0.386. The maximum Gasteiger partial charge on any atom is 0.311 e. The van der Waals surface area contributed by atoms with Crippen molar-refractivity contribution in [1.29, 1.82) is 0 Å². The van der Waals surface area contributed by atoms with Gasteiger partial charge in [0.1, 0.15) is 6.61 Å². The summed E-state index contributed by atoms with van der Waals surface area (Å²) in [6.45, 7) is 3.18. The van der Waals surface area contributed by atoms with Gasteiger partial charge in [0.2, 0.25) is 0 Å². The van der Waals surface area contributed by atoms with Crippen LogP contribution in [0, 0.1) is 10.1 Å². The van der Waals surface area contributed by atoms with Gasteiger partial charge in [-0.3, -0.25) is 15.0 Å². The molecule has 0 spiro atoms. The Bertz CT molecular complexity index is 444. The molecule has 6 heteroatoms. The summed E-state index contributed by atoms with van der Waals surface area (Å²) in [5, 5.41) is 19.9. The Labute approximate surface area is 111 Å². The van der Waals surface area contributed by atoms with Gasteiger partial charge in [-0.05, 0) is 37.6 Å². The van der Waals surface area contributed by atoms with E-state index in [0.717, 1.165) is 19.6 Å². The molecule has 104 valence electrons. The Morgan fingerprint density at radius 3 is 2.74 bits per heavy atom. The minimum atomic E-state index is -0.482. The van der Waals surface area contributed by atoms with Gasteiger partial charge >= 0.3 is 5.69 Å². The summed E-state index contributed by atoms with van der Waals surface area (Å²) >= 11 is 0. The predicted molar refractivity (Wildman–Crippen MR) is 70.2 cm³/mol. The summed E-state index contributed by atoms with van der Waals surface area (Å²) in [7, 11) is 0. The normalized spacial score (nSPS) is 15.6. The van der Waals surface area contributed by atoms with Gasteiger partial charge in [-0.2, -0.15) is 0 Å². The summed E-state index contributed by atoms with van der Waals surface area (Å²) in [6.07, 6.45) is 2.43. The molecule has 0 aliphatic carbocycles. The second-order valence-corrected chi connectivity index (χ2v) is 4.61. The van der Waals surface area contributed by atoms with Gasteiger partial charge in [-0.25, -0.2) is 0 Å². The van der Waals surface area contributed by atoms with E-state index < -0.39 is 4.92 Å². The van der Waals surface area contributed by atoms with Crippen LogP contribution >= 0.6 is 0 Å². The quantitative estimate of drug-likeness (QED) is 0.624. The first-order valence-corrected chi connectivity index (χ1v) is 6.44. The van der Waals surface area contributed by atoms with E-state index in [0.29, 0.717) is 12.2 Å². The summed E-state index contributed by atoms with van der Waals surface area (Å²) in [5.74, 6) is 0.265. The van der Waals surface area contributed by atoms with E-state index in [2.05, 4.69) is 4.90 Å². The molecular formula is C13H18N2O4. The molecule has 0 atom stereocenters. The first kappa shape index (κ1) is 13.8. The van der Waals surface area contributed by atoms with Crippen LogP contribution in [0.3, 0.4) is 0 Å². The van der Waals surface area contributed by atoms with Crippen LogP contribution in [0.15, 0.2) is 18.2 Å². The molecule has 0 unspecified atom stereocenters. The SMILES string of the molecule is O=[N+]([O-])c1cc(CO)ccc1OCCN1CCCC1. The molecule has 2 rings (SSSR count). The van der Waals surface area contributed by atoms with Crippen molar-refractivity contribution < 1.29 is 14.8 Å². The molecule has 1 saturated heterocycles. The van der Waals surface area contributed by atoms with Crippen molar-refractivity contribution in [1.82, 2.24) is 4.90 Å². The minimum Gasteiger partial charge on any atom is -0.485 e. The van der Waals surface area contributed by atoms with Gasteiger partial charge in [0.15, 0.2) is 5.75 Å². The third kappa shape index (κ3) is 3.65. The average molecular weight is 266 g/mol. The topological polar surface area (TPSA) is 75.8 Å². The lowest BCUT2D eigenvalue weighted by Gasteiger charge is -2.15. The Morgan fingerprint density at radius 2 is 2.11 bits per heavy atom. The highest BCUT2D eigenvalue weighted by Gasteiger charge is 2.17. The van der Waals surface area contributed by atoms with Crippen molar-refractivity contribution >= 4 is 5.69 Å². The van der Waals surface area contributed by atoms with Crippen LogP contribution < -0.4 is 4.74 Å². The van der Waals surface area contributed by atoms with E-state index in [4.69, 9.17) is 9.84 Å². The van der Waals surface area contributed by atoms with Crippen LogP contribution in [0.25, 0.3) is 0 Å². The highest BCUT2D eigenvalue weighted by atomic mass is 16.6. The number of nitro benzene ring substituents is 1. The van der Waals surface area contributed by atoms with Gasteiger partial charge in [0.05, 0.1) is 11.5 Å². The smallest absolute Gasteiger partial charge is 0.311 e. The molecule has 1 fully saturated rings. The predicted octanol–water partition coefficient (Wildman–Crippen LogP) is 1.56. The summed E-state index contributed by atoms with van der Waals surface area (Å²) in [5.41, 5.74) is 0.423. The molecule has 1 aromatic carbocycles. The van der Waals surface area contributed by atoms with Crippen LogP contribution in [-0.2, 0) is 6.61 Å². The van der Waals surface area contributed by atoms with Crippen LogP contribution in [0.1, 0.15) is 18.4 Å². The molecule has 0 saturated carbocycles. The number of likely N-dealkylation sites (tertiary alicyclic amines) is 1. The van der Waals surface area contributed by atoms with E-state index in [9.17, 15) is 10.1 Å². The molecular weight excluding hydrogens is 248 g/mol. The average Bonchev–Trinajstić information content (AvgIpc) is 2.92. The van der Waals surface area contributed by atoms with Gasteiger partial charge in [-0.15, -0.1) is 0 Å². The molecule has 0 radical (unpaired) electrons. The second-order valence-electron chi connectivity index (χ2n) is 4.61. The summed E-state index contributed by atoms with van der Waals surface area (Å²) in [6, 6.07) is 4.54. The third-order valence-corrected chi connectivity index (χ3v) is 3.27. The number of ether oxygens (including phenoxy) is 1. The van der Waals surface area contributed by atoms with E-state index in [1.165, 1.54) is 18.9 Å². The minimum absolute atomic E-state index is 0.0898. The van der Waals surface area contributed by atoms with Gasteiger partial charge in [-0.1, -0.05) is 6.07 Å². The summed E-state index contributed by atoms with van der Waals surface area (Å²) < 4.78 is 5.49. The first-order valence-electron chi connectivity index (χ1n) is 6.44. The molecule has 6 nitrogen and oxygen atoms in total. The fraction of sp³-hybridized carbons (Fsp3) is 0.538. The number of hydrogen-bond acceptors (Lipinski definition) is 5. The molecule has 0 aromatic heterocycles. The Kier molecular flexibility index (Phi) is 4.70. The molecule has 1 aliphatic heterocycles. The zero-order valence-electron chi connectivity index (χ0n) is 10.7. The number of nitrogens with zero attached hydrogens (tertiary/aromatic N) is 2. The third-order valence-electron chi connectivity index (χ3n) is 3.27. The van der Waals surface area contributed by atoms with Gasteiger partial charge in [0.25, 0.3) is 0 Å². The second kappa shape index (κ2) is 6.49. The molecule has 1 N–H and O–H groups in total. The van der Waals surface area contributed by atoms with Crippen LogP contribution in [0.5, 0.6) is 5.75 Å².